The van der Waals surface area contributed by atoms with Crippen LogP contribution in [0.3, 0.4) is 0 Å². The Morgan fingerprint density at radius 1 is 1.22 bits per heavy atom. The van der Waals surface area contributed by atoms with Crippen molar-refractivity contribution in [3.8, 4) is 5.75 Å². The highest BCUT2D eigenvalue weighted by molar-refractivity contribution is 5.47. The van der Waals surface area contributed by atoms with Crippen LogP contribution in [0.25, 0.3) is 0 Å². The van der Waals surface area contributed by atoms with E-state index in [4.69, 9.17) is 4.74 Å². The number of halogens is 1. The number of hydrogen-bond donors (Lipinski definition) is 0. The van der Waals surface area contributed by atoms with Crippen LogP contribution in [0.1, 0.15) is 37.1 Å². The molecule has 1 aromatic carbocycles. The first-order chi connectivity index (χ1) is 11.2. The highest BCUT2D eigenvalue weighted by atomic mass is 19.1. The quantitative estimate of drug-likeness (QED) is 0.846. The molecular formula is C18H22FN3O. The van der Waals surface area contributed by atoms with Gasteiger partial charge in [0.25, 0.3) is 0 Å². The van der Waals surface area contributed by atoms with Crippen molar-refractivity contribution < 1.29 is 9.13 Å². The van der Waals surface area contributed by atoms with Gasteiger partial charge in [-0.2, -0.15) is 0 Å². The number of rotatable bonds is 5. The number of hydrogen-bond acceptors (Lipinski definition) is 4. The Bertz CT molecular complexity index is 690. The first-order valence-corrected chi connectivity index (χ1v) is 8.21. The van der Waals surface area contributed by atoms with Gasteiger partial charge in [0.05, 0.1) is 12.3 Å². The second-order valence-corrected chi connectivity index (χ2v) is 5.76. The van der Waals surface area contributed by atoms with Crippen molar-refractivity contribution in [1.82, 2.24) is 9.97 Å². The molecule has 0 fully saturated rings. The van der Waals surface area contributed by atoms with E-state index in [-0.39, 0.29) is 5.82 Å². The average molecular weight is 315 g/mol. The molecule has 23 heavy (non-hydrogen) atoms. The fraction of sp³-hybridized carbons (Fsp3) is 0.444. The molecule has 3 rings (SSSR count). The van der Waals surface area contributed by atoms with Crippen LogP contribution in [-0.4, -0.2) is 23.1 Å². The van der Waals surface area contributed by atoms with Gasteiger partial charge >= 0.3 is 0 Å². The third-order valence-electron chi connectivity index (χ3n) is 4.14. The number of fused-ring (bicyclic) bond motifs is 1. The smallest absolute Gasteiger partial charge is 0.187 e. The first-order valence-electron chi connectivity index (χ1n) is 8.21. The van der Waals surface area contributed by atoms with Gasteiger partial charge in [-0.05, 0) is 42.5 Å². The van der Waals surface area contributed by atoms with Crippen LogP contribution >= 0.6 is 0 Å². The van der Waals surface area contributed by atoms with Crippen molar-refractivity contribution in [1.29, 1.82) is 0 Å². The molecule has 0 aliphatic carbocycles. The zero-order valence-corrected chi connectivity index (χ0v) is 13.7. The Kier molecular flexibility index (Phi) is 4.74. The zero-order valence-electron chi connectivity index (χ0n) is 13.7. The zero-order chi connectivity index (χ0) is 16.2. The summed E-state index contributed by atoms with van der Waals surface area (Å²) < 4.78 is 20.1. The molecule has 0 saturated carbocycles. The van der Waals surface area contributed by atoms with Gasteiger partial charge in [-0.3, -0.25) is 0 Å². The molecule has 0 saturated heterocycles. The van der Waals surface area contributed by atoms with Gasteiger partial charge in [-0.15, -0.1) is 0 Å². The number of nitrogens with zero attached hydrogens (tertiary/aromatic N) is 3. The molecule has 4 nitrogen and oxygen atoms in total. The molecule has 0 unspecified atom stereocenters. The molecule has 122 valence electrons. The molecule has 2 heterocycles. The van der Waals surface area contributed by atoms with Gasteiger partial charge in [0.15, 0.2) is 11.6 Å². The number of aromatic nitrogens is 2. The maximum absolute atomic E-state index is 14.5. The van der Waals surface area contributed by atoms with Crippen LogP contribution in [0.2, 0.25) is 0 Å². The normalized spacial score (nSPS) is 13.8. The molecule has 0 N–H and O–H groups in total. The summed E-state index contributed by atoms with van der Waals surface area (Å²) in [5.74, 6) is 1.04. The van der Waals surface area contributed by atoms with E-state index in [0.717, 1.165) is 31.7 Å². The minimum Gasteiger partial charge on any atom is -0.494 e. The standard InChI is InChI=1S/C18H22FN3O/c1-3-9-23-15-6-5-14-11-22(8-7-13(14)10-15)18-17(19)16(4-2)20-12-21-18/h5-6,10,12H,3-4,7-9,11H2,1-2H3. The lowest BCUT2D eigenvalue weighted by Crippen LogP contribution is -2.32. The monoisotopic (exact) mass is 315 g/mol. The van der Waals surface area contributed by atoms with E-state index in [2.05, 4.69) is 29.0 Å². The maximum atomic E-state index is 14.5. The fourth-order valence-corrected chi connectivity index (χ4v) is 2.88. The van der Waals surface area contributed by atoms with E-state index >= 15 is 0 Å². The second-order valence-electron chi connectivity index (χ2n) is 5.76. The molecule has 1 aliphatic rings. The summed E-state index contributed by atoms with van der Waals surface area (Å²) in [4.78, 5) is 10.2. The largest absolute Gasteiger partial charge is 0.494 e. The highest BCUT2D eigenvalue weighted by Crippen LogP contribution is 2.28. The second kappa shape index (κ2) is 6.94. The lowest BCUT2D eigenvalue weighted by atomic mass is 9.99. The predicted octanol–water partition coefficient (Wildman–Crippen LogP) is 3.53. The van der Waals surface area contributed by atoms with Crippen LogP contribution in [0, 0.1) is 5.82 Å². The molecule has 0 atom stereocenters. The van der Waals surface area contributed by atoms with E-state index in [1.807, 2.05) is 17.9 Å². The van der Waals surface area contributed by atoms with Gasteiger partial charge in [0.1, 0.15) is 12.1 Å². The minimum absolute atomic E-state index is 0.290. The highest BCUT2D eigenvalue weighted by Gasteiger charge is 2.22. The Balaban J connectivity index is 1.81. The van der Waals surface area contributed by atoms with E-state index < -0.39 is 0 Å². The van der Waals surface area contributed by atoms with Crippen molar-refractivity contribution in [2.75, 3.05) is 18.1 Å². The predicted molar refractivity (Wildman–Crippen MR) is 88.4 cm³/mol. The summed E-state index contributed by atoms with van der Waals surface area (Å²) in [7, 11) is 0. The van der Waals surface area contributed by atoms with Crippen molar-refractivity contribution in [2.45, 2.75) is 39.7 Å². The molecule has 2 aromatic rings. The van der Waals surface area contributed by atoms with Crippen LogP contribution in [-0.2, 0) is 19.4 Å². The SMILES string of the molecule is CCCOc1ccc2c(c1)CCN(c1ncnc(CC)c1F)C2. The lowest BCUT2D eigenvalue weighted by Gasteiger charge is -2.30. The van der Waals surface area contributed by atoms with E-state index in [1.165, 1.54) is 17.5 Å². The number of ether oxygens (including phenoxy) is 1. The van der Waals surface area contributed by atoms with Crippen LogP contribution in [0.4, 0.5) is 10.2 Å². The van der Waals surface area contributed by atoms with E-state index in [1.54, 1.807) is 0 Å². The van der Waals surface area contributed by atoms with E-state index in [9.17, 15) is 4.39 Å². The Morgan fingerprint density at radius 3 is 2.87 bits per heavy atom. The maximum Gasteiger partial charge on any atom is 0.187 e. The van der Waals surface area contributed by atoms with Gasteiger partial charge in [-0.1, -0.05) is 19.9 Å². The van der Waals surface area contributed by atoms with Crippen molar-refractivity contribution in [3.05, 3.63) is 47.2 Å². The van der Waals surface area contributed by atoms with Crippen LogP contribution < -0.4 is 9.64 Å². The van der Waals surface area contributed by atoms with Gasteiger partial charge in [-0.25, -0.2) is 14.4 Å². The molecular weight excluding hydrogens is 293 g/mol. The molecule has 5 heteroatoms. The topological polar surface area (TPSA) is 38.2 Å². The molecule has 1 aliphatic heterocycles. The van der Waals surface area contributed by atoms with Gasteiger partial charge in [0, 0.05) is 13.1 Å². The Hall–Kier alpha value is -2.17. The summed E-state index contributed by atoms with van der Waals surface area (Å²) in [6, 6.07) is 6.17. The van der Waals surface area contributed by atoms with Gasteiger partial charge < -0.3 is 9.64 Å². The molecule has 0 spiro atoms. The van der Waals surface area contributed by atoms with Gasteiger partial charge in [0.2, 0.25) is 0 Å². The third kappa shape index (κ3) is 3.28. The number of anilines is 1. The lowest BCUT2D eigenvalue weighted by molar-refractivity contribution is 0.317. The van der Waals surface area contributed by atoms with Crippen molar-refractivity contribution >= 4 is 5.82 Å². The summed E-state index contributed by atoms with van der Waals surface area (Å²) >= 11 is 0. The molecule has 0 bridgehead atoms. The van der Waals surface area contributed by atoms with Crippen molar-refractivity contribution in [2.24, 2.45) is 0 Å². The van der Waals surface area contributed by atoms with Crippen LogP contribution in [0.5, 0.6) is 5.75 Å². The first kappa shape index (κ1) is 15.7. The summed E-state index contributed by atoms with van der Waals surface area (Å²) in [5.41, 5.74) is 2.96. The minimum atomic E-state index is -0.290. The Labute approximate surface area is 136 Å². The summed E-state index contributed by atoms with van der Waals surface area (Å²) in [6.45, 7) is 6.15. The number of aryl methyl sites for hydroxylation is 1. The summed E-state index contributed by atoms with van der Waals surface area (Å²) in [6.07, 6.45) is 3.89. The Morgan fingerprint density at radius 2 is 2.09 bits per heavy atom. The molecule has 1 aromatic heterocycles. The van der Waals surface area contributed by atoms with Crippen LogP contribution in [0.15, 0.2) is 24.5 Å². The molecule has 0 amide bonds. The summed E-state index contributed by atoms with van der Waals surface area (Å²) in [5, 5.41) is 0. The fourth-order valence-electron chi connectivity index (χ4n) is 2.88. The number of benzene rings is 1. The van der Waals surface area contributed by atoms with Crippen molar-refractivity contribution in [3.63, 3.8) is 0 Å². The third-order valence-corrected chi connectivity index (χ3v) is 4.14. The molecule has 0 radical (unpaired) electrons. The average Bonchev–Trinajstić information content (AvgIpc) is 2.59. The van der Waals surface area contributed by atoms with E-state index in [0.29, 0.717) is 24.5 Å².